The van der Waals surface area contributed by atoms with Crippen LogP contribution in [0.3, 0.4) is 0 Å². The first-order valence-corrected chi connectivity index (χ1v) is 8.78. The molecule has 2 aromatic carbocycles. The SMILES string of the molecule is COc1ccccc1-c1noc(COC(=O)c2cc3cc(F)ccc3s2)n1. The van der Waals surface area contributed by atoms with Crippen LogP contribution in [0, 0.1) is 5.82 Å². The number of benzene rings is 2. The van der Waals surface area contributed by atoms with E-state index in [1.165, 1.54) is 23.5 Å². The molecule has 6 nitrogen and oxygen atoms in total. The molecule has 0 unspecified atom stereocenters. The third-order valence-electron chi connectivity index (χ3n) is 3.82. The van der Waals surface area contributed by atoms with Gasteiger partial charge in [0, 0.05) is 4.70 Å². The Kier molecular flexibility index (Phi) is 4.55. The summed E-state index contributed by atoms with van der Waals surface area (Å²) in [5.74, 6) is 0.232. The maximum atomic E-state index is 13.3. The topological polar surface area (TPSA) is 74.5 Å². The molecule has 27 heavy (non-hydrogen) atoms. The number of aromatic nitrogens is 2. The van der Waals surface area contributed by atoms with Crippen LogP contribution in [0.5, 0.6) is 5.75 Å². The third-order valence-corrected chi connectivity index (χ3v) is 4.92. The summed E-state index contributed by atoms with van der Waals surface area (Å²) in [6.45, 7) is -0.163. The van der Waals surface area contributed by atoms with Gasteiger partial charge in [0.2, 0.25) is 5.82 Å². The first-order valence-electron chi connectivity index (χ1n) is 7.96. The minimum atomic E-state index is -0.534. The number of methoxy groups -OCH3 is 1. The Morgan fingerprint density at radius 2 is 2.07 bits per heavy atom. The maximum absolute atomic E-state index is 13.3. The number of rotatable bonds is 5. The quantitative estimate of drug-likeness (QED) is 0.473. The van der Waals surface area contributed by atoms with E-state index in [1.807, 2.05) is 12.1 Å². The molecule has 0 radical (unpaired) electrons. The molecule has 0 atom stereocenters. The minimum Gasteiger partial charge on any atom is -0.496 e. The zero-order chi connectivity index (χ0) is 18.8. The number of thiophene rings is 1. The summed E-state index contributed by atoms with van der Waals surface area (Å²) in [6.07, 6.45) is 0. The number of hydrogen-bond acceptors (Lipinski definition) is 7. The predicted molar refractivity (Wildman–Crippen MR) is 97.2 cm³/mol. The van der Waals surface area contributed by atoms with Gasteiger partial charge in [0.05, 0.1) is 12.7 Å². The van der Waals surface area contributed by atoms with E-state index in [9.17, 15) is 9.18 Å². The second kappa shape index (κ2) is 7.16. The van der Waals surface area contributed by atoms with Crippen LogP contribution in [0.2, 0.25) is 0 Å². The standard InChI is InChI=1S/C19H13FN2O4S/c1-24-14-5-3-2-4-13(14)18-21-17(26-22-18)10-25-19(23)16-9-11-8-12(20)6-7-15(11)27-16/h2-9H,10H2,1H3. The van der Waals surface area contributed by atoms with Crippen molar-refractivity contribution in [1.82, 2.24) is 10.1 Å². The molecule has 0 amide bonds. The molecule has 0 aliphatic rings. The van der Waals surface area contributed by atoms with E-state index in [0.29, 0.717) is 27.4 Å². The van der Waals surface area contributed by atoms with E-state index in [1.54, 1.807) is 31.4 Å². The summed E-state index contributed by atoms with van der Waals surface area (Å²) in [7, 11) is 1.55. The van der Waals surface area contributed by atoms with Gasteiger partial charge in [0.25, 0.3) is 5.89 Å². The number of ether oxygens (including phenoxy) is 2. The second-order valence-corrected chi connectivity index (χ2v) is 6.66. The number of esters is 1. The lowest BCUT2D eigenvalue weighted by atomic mass is 10.2. The molecule has 2 heterocycles. The van der Waals surface area contributed by atoms with Gasteiger partial charge in [0.15, 0.2) is 6.61 Å². The molecule has 0 spiro atoms. The van der Waals surface area contributed by atoms with Gasteiger partial charge in [-0.2, -0.15) is 4.98 Å². The average Bonchev–Trinajstić information content (AvgIpc) is 3.32. The van der Waals surface area contributed by atoms with Crippen molar-refractivity contribution in [1.29, 1.82) is 0 Å². The lowest BCUT2D eigenvalue weighted by Crippen LogP contribution is -2.03. The van der Waals surface area contributed by atoms with Gasteiger partial charge in [0.1, 0.15) is 16.4 Å². The molecule has 4 rings (SSSR count). The Bertz CT molecular complexity index is 1120. The number of nitrogens with zero attached hydrogens (tertiary/aromatic N) is 2. The van der Waals surface area contributed by atoms with E-state index < -0.39 is 5.97 Å². The fraction of sp³-hybridized carbons (Fsp3) is 0.105. The molecule has 0 N–H and O–H groups in total. The summed E-state index contributed by atoms with van der Waals surface area (Å²) in [5, 5.41) is 4.55. The summed E-state index contributed by atoms with van der Waals surface area (Å²) >= 11 is 1.23. The van der Waals surface area contributed by atoms with Gasteiger partial charge in [-0.3, -0.25) is 0 Å². The van der Waals surface area contributed by atoms with E-state index in [-0.39, 0.29) is 18.3 Å². The molecule has 0 aliphatic carbocycles. The van der Waals surface area contributed by atoms with Crippen LogP contribution < -0.4 is 4.74 Å². The molecule has 0 saturated carbocycles. The average molecular weight is 384 g/mol. The van der Waals surface area contributed by atoms with Crippen LogP contribution in [0.4, 0.5) is 4.39 Å². The highest BCUT2D eigenvalue weighted by Gasteiger charge is 2.16. The molecular weight excluding hydrogens is 371 g/mol. The van der Waals surface area contributed by atoms with Crippen molar-refractivity contribution in [2.45, 2.75) is 6.61 Å². The molecule has 0 bridgehead atoms. The molecule has 136 valence electrons. The zero-order valence-corrected chi connectivity index (χ0v) is 15.0. The summed E-state index contributed by atoms with van der Waals surface area (Å²) in [5.41, 5.74) is 0.674. The summed E-state index contributed by atoms with van der Waals surface area (Å²) < 4.78 is 29.7. The number of para-hydroxylation sites is 1. The Morgan fingerprint density at radius 1 is 1.22 bits per heavy atom. The lowest BCUT2D eigenvalue weighted by Gasteiger charge is -2.03. The van der Waals surface area contributed by atoms with Gasteiger partial charge in [-0.05, 0) is 41.8 Å². The fourth-order valence-electron chi connectivity index (χ4n) is 2.57. The number of fused-ring (bicyclic) bond motifs is 1. The van der Waals surface area contributed by atoms with Gasteiger partial charge < -0.3 is 14.0 Å². The first-order chi connectivity index (χ1) is 13.1. The van der Waals surface area contributed by atoms with Crippen molar-refractivity contribution in [3.05, 3.63) is 65.1 Å². The van der Waals surface area contributed by atoms with Gasteiger partial charge in [-0.25, -0.2) is 9.18 Å². The molecule has 8 heteroatoms. The van der Waals surface area contributed by atoms with Crippen LogP contribution in [-0.4, -0.2) is 23.2 Å². The Balaban J connectivity index is 1.47. The summed E-state index contributed by atoms with van der Waals surface area (Å²) in [6, 6.07) is 13.2. The van der Waals surface area contributed by atoms with Crippen molar-refractivity contribution < 1.29 is 23.2 Å². The normalized spacial score (nSPS) is 10.9. The van der Waals surface area contributed by atoms with Crippen LogP contribution in [-0.2, 0) is 11.3 Å². The van der Waals surface area contributed by atoms with Crippen LogP contribution in [0.1, 0.15) is 15.6 Å². The predicted octanol–water partition coefficient (Wildman–Crippen LogP) is 4.46. The monoisotopic (exact) mass is 384 g/mol. The number of halogens is 1. The molecule has 4 aromatic rings. The molecule has 0 fully saturated rings. The first kappa shape index (κ1) is 17.2. The van der Waals surface area contributed by atoms with Crippen molar-refractivity contribution >= 4 is 27.4 Å². The third kappa shape index (κ3) is 3.52. The Morgan fingerprint density at radius 3 is 2.93 bits per heavy atom. The Hall–Kier alpha value is -3.26. The lowest BCUT2D eigenvalue weighted by molar-refractivity contribution is 0.0435. The van der Waals surface area contributed by atoms with E-state index in [0.717, 1.165) is 4.70 Å². The van der Waals surface area contributed by atoms with E-state index >= 15 is 0 Å². The van der Waals surface area contributed by atoms with Crippen molar-refractivity contribution in [3.63, 3.8) is 0 Å². The van der Waals surface area contributed by atoms with Gasteiger partial charge in [-0.15, -0.1) is 11.3 Å². The minimum absolute atomic E-state index is 0.163. The maximum Gasteiger partial charge on any atom is 0.348 e. The van der Waals surface area contributed by atoms with E-state index in [4.69, 9.17) is 14.0 Å². The fourth-order valence-corrected chi connectivity index (χ4v) is 3.50. The highest BCUT2D eigenvalue weighted by molar-refractivity contribution is 7.20. The van der Waals surface area contributed by atoms with Gasteiger partial charge in [-0.1, -0.05) is 17.3 Å². The molecule has 0 aliphatic heterocycles. The largest absolute Gasteiger partial charge is 0.496 e. The van der Waals surface area contributed by atoms with Crippen LogP contribution >= 0.6 is 11.3 Å². The molecule has 2 aromatic heterocycles. The van der Waals surface area contributed by atoms with Crippen molar-refractivity contribution in [3.8, 4) is 17.1 Å². The van der Waals surface area contributed by atoms with E-state index in [2.05, 4.69) is 10.1 Å². The highest BCUT2D eigenvalue weighted by Crippen LogP contribution is 2.28. The molecule has 0 saturated heterocycles. The number of carbonyl (C=O) groups excluding carboxylic acids is 1. The van der Waals surface area contributed by atoms with Crippen molar-refractivity contribution in [2.75, 3.05) is 7.11 Å². The Labute approximate surface area is 157 Å². The number of carbonyl (C=O) groups is 1. The zero-order valence-electron chi connectivity index (χ0n) is 14.1. The van der Waals surface area contributed by atoms with Crippen LogP contribution in [0.25, 0.3) is 21.5 Å². The van der Waals surface area contributed by atoms with Gasteiger partial charge >= 0.3 is 5.97 Å². The smallest absolute Gasteiger partial charge is 0.348 e. The molecular formula is C19H13FN2O4S. The number of hydrogen-bond donors (Lipinski definition) is 0. The van der Waals surface area contributed by atoms with Crippen LogP contribution in [0.15, 0.2) is 53.1 Å². The van der Waals surface area contributed by atoms with Crippen molar-refractivity contribution in [2.24, 2.45) is 0 Å². The highest BCUT2D eigenvalue weighted by atomic mass is 32.1. The summed E-state index contributed by atoms with van der Waals surface area (Å²) in [4.78, 5) is 16.8. The second-order valence-electron chi connectivity index (χ2n) is 5.58.